The van der Waals surface area contributed by atoms with Crippen molar-refractivity contribution in [3.05, 3.63) is 91.8 Å². The highest BCUT2D eigenvalue weighted by molar-refractivity contribution is 6.31. The average Bonchev–Trinajstić information content (AvgIpc) is 3.05. The van der Waals surface area contributed by atoms with Crippen molar-refractivity contribution < 1.29 is 19.2 Å². The molecule has 1 amide bonds. The molecule has 1 heterocycles. The molecule has 10 heteroatoms. The van der Waals surface area contributed by atoms with Crippen molar-refractivity contribution in [2.45, 2.75) is 27.3 Å². The SMILES string of the molecule is Cc1ccc(Cn2nc(C)c(/C=C/C(=O)OCC(=O)Nc3cccc([N+](=O)[O-])c3C)c2Cl)cc1. The number of hydrogen-bond donors (Lipinski definition) is 1. The maximum atomic E-state index is 12.1. The summed E-state index contributed by atoms with van der Waals surface area (Å²) in [6.45, 7) is 5.24. The van der Waals surface area contributed by atoms with Gasteiger partial charge in [-0.25, -0.2) is 9.48 Å². The predicted octanol–water partition coefficient (Wildman–Crippen LogP) is 4.61. The number of nitrogens with one attached hydrogen (secondary N) is 1. The second-order valence-corrected chi connectivity index (χ2v) is 7.99. The van der Waals surface area contributed by atoms with Gasteiger partial charge in [-0.1, -0.05) is 47.5 Å². The molecule has 0 saturated heterocycles. The molecule has 34 heavy (non-hydrogen) atoms. The first-order valence-electron chi connectivity index (χ1n) is 10.3. The minimum Gasteiger partial charge on any atom is -0.452 e. The number of nitrogens with zero attached hydrogens (tertiary/aromatic N) is 3. The third-order valence-corrected chi connectivity index (χ3v) is 5.47. The molecule has 0 fully saturated rings. The number of ether oxygens (including phenoxy) is 1. The molecule has 0 saturated carbocycles. The molecule has 0 unspecified atom stereocenters. The summed E-state index contributed by atoms with van der Waals surface area (Å²) in [5, 5.41) is 18.3. The molecule has 3 rings (SSSR count). The Balaban J connectivity index is 1.58. The van der Waals surface area contributed by atoms with Crippen LogP contribution in [0.3, 0.4) is 0 Å². The summed E-state index contributed by atoms with van der Waals surface area (Å²) >= 11 is 6.45. The molecule has 176 valence electrons. The quantitative estimate of drug-likeness (QED) is 0.217. The van der Waals surface area contributed by atoms with Gasteiger partial charge in [-0.15, -0.1) is 0 Å². The Bertz CT molecular complexity index is 1270. The van der Waals surface area contributed by atoms with Crippen molar-refractivity contribution in [2.24, 2.45) is 0 Å². The molecule has 3 aromatic rings. The highest BCUT2D eigenvalue weighted by Crippen LogP contribution is 2.25. The van der Waals surface area contributed by atoms with Crippen LogP contribution in [0, 0.1) is 30.9 Å². The number of carbonyl (C=O) groups is 2. The fourth-order valence-corrected chi connectivity index (χ4v) is 3.50. The number of halogens is 1. The van der Waals surface area contributed by atoms with Gasteiger partial charge in [0.25, 0.3) is 11.6 Å². The van der Waals surface area contributed by atoms with E-state index >= 15 is 0 Å². The highest BCUT2D eigenvalue weighted by Gasteiger charge is 2.16. The van der Waals surface area contributed by atoms with Gasteiger partial charge < -0.3 is 10.1 Å². The molecule has 9 nitrogen and oxygen atoms in total. The van der Waals surface area contributed by atoms with Crippen molar-refractivity contribution in [3.8, 4) is 0 Å². The number of hydrogen-bond acceptors (Lipinski definition) is 6. The summed E-state index contributed by atoms with van der Waals surface area (Å²) in [5.41, 5.74) is 3.86. The van der Waals surface area contributed by atoms with Crippen molar-refractivity contribution >= 4 is 40.9 Å². The molecule has 0 atom stereocenters. The van der Waals surface area contributed by atoms with Gasteiger partial charge in [-0.2, -0.15) is 5.10 Å². The third-order valence-electron chi connectivity index (χ3n) is 5.07. The van der Waals surface area contributed by atoms with Crippen LogP contribution in [0.1, 0.15) is 27.9 Å². The summed E-state index contributed by atoms with van der Waals surface area (Å²) < 4.78 is 6.61. The van der Waals surface area contributed by atoms with Crippen LogP contribution in [0.15, 0.2) is 48.5 Å². The lowest BCUT2D eigenvalue weighted by Crippen LogP contribution is -2.20. The monoisotopic (exact) mass is 482 g/mol. The van der Waals surface area contributed by atoms with Crippen molar-refractivity contribution in [1.29, 1.82) is 0 Å². The standard InChI is InChI=1S/C24H23ClN4O5/c1-15-7-9-18(10-8-15)13-28-24(25)19(17(3)27-28)11-12-23(31)34-14-22(30)26-20-5-4-6-21(16(20)2)29(32)33/h4-12H,13-14H2,1-3H3,(H,26,30)/b12-11+. The Morgan fingerprint density at radius 1 is 1.18 bits per heavy atom. The second kappa shape index (κ2) is 10.8. The van der Waals surface area contributed by atoms with E-state index < -0.39 is 23.4 Å². The molecule has 0 bridgehead atoms. The largest absolute Gasteiger partial charge is 0.452 e. The minimum atomic E-state index is -0.743. The maximum absolute atomic E-state index is 12.1. The van der Waals surface area contributed by atoms with E-state index in [-0.39, 0.29) is 11.4 Å². The zero-order chi connectivity index (χ0) is 24.8. The molecule has 0 radical (unpaired) electrons. The lowest BCUT2D eigenvalue weighted by atomic mass is 10.1. The van der Waals surface area contributed by atoms with Crippen LogP contribution in [0.4, 0.5) is 11.4 Å². The van der Waals surface area contributed by atoms with Crippen LogP contribution in [0.25, 0.3) is 6.08 Å². The summed E-state index contributed by atoms with van der Waals surface area (Å²) in [6.07, 6.45) is 2.65. The van der Waals surface area contributed by atoms with E-state index in [2.05, 4.69) is 10.4 Å². The van der Waals surface area contributed by atoms with E-state index in [1.165, 1.54) is 31.2 Å². The number of nitro groups is 1. The topological polar surface area (TPSA) is 116 Å². The normalized spacial score (nSPS) is 10.9. The lowest BCUT2D eigenvalue weighted by molar-refractivity contribution is -0.385. The fourth-order valence-electron chi connectivity index (χ4n) is 3.21. The fraction of sp³-hybridized carbons (Fsp3) is 0.208. The molecule has 0 aliphatic rings. The van der Waals surface area contributed by atoms with Crippen molar-refractivity contribution in [1.82, 2.24) is 9.78 Å². The summed E-state index contributed by atoms with van der Waals surface area (Å²) in [6, 6.07) is 12.3. The number of benzene rings is 2. The third kappa shape index (κ3) is 6.08. The number of aromatic nitrogens is 2. The minimum absolute atomic E-state index is 0.118. The molecule has 0 aliphatic heterocycles. The van der Waals surface area contributed by atoms with Gasteiger partial charge in [0.1, 0.15) is 5.15 Å². The summed E-state index contributed by atoms with van der Waals surface area (Å²) in [5.74, 6) is -1.36. The number of anilines is 1. The van der Waals surface area contributed by atoms with E-state index in [9.17, 15) is 19.7 Å². The molecule has 1 aromatic heterocycles. The Hall–Kier alpha value is -3.98. The smallest absolute Gasteiger partial charge is 0.331 e. The number of carbonyl (C=O) groups excluding carboxylic acids is 2. The summed E-state index contributed by atoms with van der Waals surface area (Å²) in [4.78, 5) is 34.7. The lowest BCUT2D eigenvalue weighted by Gasteiger charge is -2.08. The Labute approximate surface area is 201 Å². The van der Waals surface area contributed by atoms with Crippen LogP contribution < -0.4 is 5.32 Å². The molecule has 0 aliphatic carbocycles. The first kappa shape index (κ1) is 24.7. The van der Waals surface area contributed by atoms with Crippen molar-refractivity contribution in [2.75, 3.05) is 11.9 Å². The van der Waals surface area contributed by atoms with Gasteiger partial charge in [0.05, 0.1) is 28.4 Å². The zero-order valence-electron chi connectivity index (χ0n) is 18.9. The van der Waals surface area contributed by atoms with E-state index in [4.69, 9.17) is 16.3 Å². The van der Waals surface area contributed by atoms with Gasteiger partial charge in [-0.3, -0.25) is 14.9 Å². The van der Waals surface area contributed by atoms with Gasteiger partial charge in [-0.05, 0) is 38.5 Å². The van der Waals surface area contributed by atoms with Gasteiger partial charge >= 0.3 is 5.97 Å². The number of nitro benzene ring substituents is 1. The first-order valence-corrected chi connectivity index (χ1v) is 10.7. The Morgan fingerprint density at radius 2 is 1.88 bits per heavy atom. The zero-order valence-corrected chi connectivity index (χ0v) is 19.6. The first-order chi connectivity index (χ1) is 16.2. The molecular weight excluding hydrogens is 460 g/mol. The van der Waals surface area contributed by atoms with Crippen LogP contribution in [-0.4, -0.2) is 33.2 Å². The van der Waals surface area contributed by atoms with E-state index in [0.717, 1.165) is 17.2 Å². The van der Waals surface area contributed by atoms with Gasteiger partial charge in [0.2, 0.25) is 0 Å². The number of rotatable bonds is 8. The highest BCUT2D eigenvalue weighted by atomic mass is 35.5. The van der Waals surface area contributed by atoms with Crippen LogP contribution in [-0.2, 0) is 20.9 Å². The van der Waals surface area contributed by atoms with E-state index in [0.29, 0.717) is 28.5 Å². The van der Waals surface area contributed by atoms with Crippen LogP contribution in [0.2, 0.25) is 5.15 Å². The van der Waals surface area contributed by atoms with E-state index in [1.54, 1.807) is 11.6 Å². The average molecular weight is 483 g/mol. The summed E-state index contributed by atoms with van der Waals surface area (Å²) in [7, 11) is 0. The van der Waals surface area contributed by atoms with Crippen molar-refractivity contribution in [3.63, 3.8) is 0 Å². The Morgan fingerprint density at radius 3 is 2.56 bits per heavy atom. The molecule has 2 aromatic carbocycles. The molecule has 0 spiro atoms. The second-order valence-electron chi connectivity index (χ2n) is 7.63. The Kier molecular flexibility index (Phi) is 7.80. The maximum Gasteiger partial charge on any atom is 0.331 e. The van der Waals surface area contributed by atoms with Crippen LogP contribution >= 0.6 is 11.6 Å². The number of esters is 1. The number of aryl methyl sites for hydroxylation is 2. The van der Waals surface area contributed by atoms with Gasteiger partial charge in [0.15, 0.2) is 6.61 Å². The van der Waals surface area contributed by atoms with E-state index in [1.807, 2.05) is 31.2 Å². The molecular formula is C24H23ClN4O5. The number of amides is 1. The molecule has 1 N–H and O–H groups in total. The predicted molar refractivity (Wildman–Crippen MR) is 129 cm³/mol. The van der Waals surface area contributed by atoms with Crippen LogP contribution in [0.5, 0.6) is 0 Å². The van der Waals surface area contributed by atoms with Gasteiger partial charge in [0, 0.05) is 17.7 Å².